The summed E-state index contributed by atoms with van der Waals surface area (Å²) in [4.78, 5) is 24.2. The van der Waals surface area contributed by atoms with Gasteiger partial charge in [0.25, 0.3) is 0 Å². The summed E-state index contributed by atoms with van der Waals surface area (Å²) in [5.74, 6) is 1.84. The first-order chi connectivity index (χ1) is 10.4. The molecule has 0 bridgehead atoms. The van der Waals surface area contributed by atoms with E-state index in [1.165, 1.54) is 5.57 Å². The SMILES string of the molecule is C[C@@]12C(=O)CC[C@H]1[C@@H]1CCC3=CC(=O)CC[C@]3(C)[C@H]1C[C@@H]2O. The molecular weight excluding hydrogens is 276 g/mol. The second-order valence-electron chi connectivity index (χ2n) is 8.46. The topological polar surface area (TPSA) is 54.4 Å². The fourth-order valence-electron chi connectivity index (χ4n) is 6.31. The number of allylic oxidation sites excluding steroid dienone is 1. The van der Waals surface area contributed by atoms with Crippen molar-refractivity contribution in [3.05, 3.63) is 11.6 Å². The van der Waals surface area contributed by atoms with Crippen LogP contribution in [0.3, 0.4) is 0 Å². The van der Waals surface area contributed by atoms with Crippen LogP contribution in [0, 0.1) is 28.6 Å². The van der Waals surface area contributed by atoms with Crippen LogP contribution in [0.25, 0.3) is 0 Å². The Kier molecular flexibility index (Phi) is 3.01. The zero-order valence-electron chi connectivity index (χ0n) is 13.6. The molecule has 4 aliphatic rings. The Morgan fingerprint density at radius 1 is 1.09 bits per heavy atom. The largest absolute Gasteiger partial charge is 0.392 e. The number of aliphatic hydroxyl groups excluding tert-OH is 1. The molecule has 3 saturated carbocycles. The molecule has 4 aliphatic carbocycles. The smallest absolute Gasteiger partial charge is 0.155 e. The highest BCUT2D eigenvalue weighted by atomic mass is 16.3. The van der Waals surface area contributed by atoms with Gasteiger partial charge in [0.1, 0.15) is 5.78 Å². The van der Waals surface area contributed by atoms with Crippen LogP contribution in [-0.4, -0.2) is 22.8 Å². The molecule has 0 radical (unpaired) electrons. The van der Waals surface area contributed by atoms with Crippen LogP contribution in [0.4, 0.5) is 0 Å². The van der Waals surface area contributed by atoms with Crippen LogP contribution in [0.1, 0.15) is 58.8 Å². The molecule has 0 aromatic heterocycles. The number of rotatable bonds is 0. The van der Waals surface area contributed by atoms with Crippen LogP contribution in [0.5, 0.6) is 0 Å². The minimum atomic E-state index is -0.512. The van der Waals surface area contributed by atoms with Gasteiger partial charge in [-0.3, -0.25) is 9.59 Å². The highest BCUT2D eigenvalue weighted by Crippen LogP contribution is 2.64. The molecule has 0 unspecified atom stereocenters. The molecule has 3 heteroatoms. The van der Waals surface area contributed by atoms with Gasteiger partial charge in [0.05, 0.1) is 11.5 Å². The fraction of sp³-hybridized carbons (Fsp3) is 0.789. The second-order valence-corrected chi connectivity index (χ2v) is 8.46. The molecule has 0 amide bonds. The van der Waals surface area contributed by atoms with Gasteiger partial charge >= 0.3 is 0 Å². The molecule has 1 N–H and O–H groups in total. The Bertz CT molecular complexity index is 577. The molecule has 3 fully saturated rings. The lowest BCUT2D eigenvalue weighted by molar-refractivity contribution is -0.150. The number of hydrogen-bond donors (Lipinski definition) is 1. The van der Waals surface area contributed by atoms with Gasteiger partial charge in [-0.1, -0.05) is 12.5 Å². The lowest BCUT2D eigenvalue weighted by Crippen LogP contribution is -2.56. The maximum absolute atomic E-state index is 12.4. The van der Waals surface area contributed by atoms with Gasteiger partial charge in [0.15, 0.2) is 5.78 Å². The second kappa shape index (κ2) is 4.53. The first kappa shape index (κ1) is 14.6. The van der Waals surface area contributed by atoms with Crippen molar-refractivity contribution in [3.63, 3.8) is 0 Å². The van der Waals surface area contributed by atoms with Crippen molar-refractivity contribution in [3.8, 4) is 0 Å². The Hall–Kier alpha value is -0.960. The van der Waals surface area contributed by atoms with Crippen molar-refractivity contribution in [2.75, 3.05) is 0 Å². The third kappa shape index (κ3) is 1.66. The monoisotopic (exact) mass is 302 g/mol. The van der Waals surface area contributed by atoms with E-state index in [9.17, 15) is 14.7 Å². The number of hydrogen-bond acceptors (Lipinski definition) is 3. The van der Waals surface area contributed by atoms with E-state index in [1.54, 1.807) is 0 Å². The third-order valence-electron chi connectivity index (χ3n) is 7.78. The van der Waals surface area contributed by atoms with E-state index in [0.29, 0.717) is 30.6 Å². The van der Waals surface area contributed by atoms with E-state index >= 15 is 0 Å². The Balaban J connectivity index is 1.74. The van der Waals surface area contributed by atoms with Crippen molar-refractivity contribution < 1.29 is 14.7 Å². The van der Waals surface area contributed by atoms with Crippen molar-refractivity contribution in [1.29, 1.82) is 0 Å². The lowest BCUT2D eigenvalue weighted by Gasteiger charge is -2.58. The summed E-state index contributed by atoms with van der Waals surface area (Å²) in [6.45, 7) is 4.31. The molecule has 120 valence electrons. The first-order valence-corrected chi connectivity index (χ1v) is 8.82. The standard InChI is InChI=1S/C19H26O3/c1-18-8-7-12(20)9-11(18)3-4-13-14-5-6-16(21)19(14,2)17(22)10-15(13)18/h9,13-15,17,22H,3-8,10H2,1-2H3/t13-,14-,15-,17-,18-,19-/m0/s1. The van der Waals surface area contributed by atoms with Crippen molar-refractivity contribution >= 4 is 11.6 Å². The predicted molar refractivity (Wildman–Crippen MR) is 83.1 cm³/mol. The average Bonchev–Trinajstić information content (AvgIpc) is 2.79. The maximum Gasteiger partial charge on any atom is 0.155 e. The zero-order valence-corrected chi connectivity index (χ0v) is 13.6. The Labute approximate surface area is 132 Å². The molecule has 0 spiro atoms. The Morgan fingerprint density at radius 3 is 2.64 bits per heavy atom. The van der Waals surface area contributed by atoms with Crippen LogP contribution >= 0.6 is 0 Å². The summed E-state index contributed by atoms with van der Waals surface area (Å²) in [5.41, 5.74) is 0.860. The number of fused-ring (bicyclic) bond motifs is 5. The van der Waals surface area contributed by atoms with Crippen LogP contribution < -0.4 is 0 Å². The van der Waals surface area contributed by atoms with Crippen LogP contribution in [0.15, 0.2) is 11.6 Å². The molecule has 3 nitrogen and oxygen atoms in total. The molecular formula is C19H26O3. The van der Waals surface area contributed by atoms with Gasteiger partial charge in [0, 0.05) is 12.8 Å². The zero-order chi connectivity index (χ0) is 15.7. The van der Waals surface area contributed by atoms with E-state index in [0.717, 1.165) is 32.1 Å². The normalized spacial score (nSPS) is 51.0. The van der Waals surface area contributed by atoms with Crippen LogP contribution in [0.2, 0.25) is 0 Å². The highest BCUT2D eigenvalue weighted by molar-refractivity contribution is 5.91. The molecule has 6 atom stereocenters. The lowest BCUT2D eigenvalue weighted by atomic mass is 9.47. The van der Waals surface area contributed by atoms with E-state index in [-0.39, 0.29) is 17.0 Å². The first-order valence-electron chi connectivity index (χ1n) is 8.82. The van der Waals surface area contributed by atoms with E-state index in [2.05, 4.69) is 6.92 Å². The van der Waals surface area contributed by atoms with Gasteiger partial charge in [0.2, 0.25) is 0 Å². The van der Waals surface area contributed by atoms with E-state index < -0.39 is 11.5 Å². The molecule has 0 aliphatic heterocycles. The minimum Gasteiger partial charge on any atom is -0.392 e. The summed E-state index contributed by atoms with van der Waals surface area (Å²) in [6.07, 6.45) is 7.33. The number of carbonyl (C=O) groups is 2. The van der Waals surface area contributed by atoms with Crippen molar-refractivity contribution in [1.82, 2.24) is 0 Å². The molecule has 0 aromatic rings. The van der Waals surface area contributed by atoms with Gasteiger partial charge in [-0.2, -0.15) is 0 Å². The minimum absolute atomic E-state index is 0.0603. The molecule has 0 saturated heterocycles. The maximum atomic E-state index is 12.4. The number of ketones is 2. The quantitative estimate of drug-likeness (QED) is 0.748. The van der Waals surface area contributed by atoms with Crippen LogP contribution in [-0.2, 0) is 9.59 Å². The number of carbonyl (C=O) groups excluding carboxylic acids is 2. The predicted octanol–water partition coefficient (Wildman–Crippen LogP) is 3.06. The number of aliphatic hydroxyl groups is 1. The Morgan fingerprint density at radius 2 is 1.86 bits per heavy atom. The third-order valence-corrected chi connectivity index (χ3v) is 7.78. The van der Waals surface area contributed by atoms with E-state index in [1.807, 2.05) is 13.0 Å². The van der Waals surface area contributed by atoms with Gasteiger partial charge in [-0.15, -0.1) is 0 Å². The fourth-order valence-corrected chi connectivity index (χ4v) is 6.31. The molecule has 0 heterocycles. The summed E-state index contributed by atoms with van der Waals surface area (Å²) in [5, 5.41) is 10.8. The summed E-state index contributed by atoms with van der Waals surface area (Å²) >= 11 is 0. The van der Waals surface area contributed by atoms with Gasteiger partial charge < -0.3 is 5.11 Å². The average molecular weight is 302 g/mol. The number of Topliss-reactive ketones (excluding diaryl/α,β-unsaturated/α-hetero) is 1. The summed E-state index contributed by atoms with van der Waals surface area (Å²) < 4.78 is 0. The van der Waals surface area contributed by atoms with E-state index in [4.69, 9.17) is 0 Å². The molecule has 4 rings (SSSR count). The molecule has 0 aromatic carbocycles. The highest BCUT2D eigenvalue weighted by Gasteiger charge is 2.62. The van der Waals surface area contributed by atoms with Crippen molar-refractivity contribution in [2.24, 2.45) is 28.6 Å². The summed E-state index contributed by atoms with van der Waals surface area (Å²) in [7, 11) is 0. The van der Waals surface area contributed by atoms with Crippen molar-refractivity contribution in [2.45, 2.75) is 64.9 Å². The van der Waals surface area contributed by atoms with Gasteiger partial charge in [-0.25, -0.2) is 0 Å². The van der Waals surface area contributed by atoms with Gasteiger partial charge in [-0.05, 0) is 68.3 Å². The summed E-state index contributed by atoms with van der Waals surface area (Å²) in [6, 6.07) is 0. The molecule has 22 heavy (non-hydrogen) atoms.